The minimum atomic E-state index is -0.576. The third kappa shape index (κ3) is 3.87. The van der Waals surface area contributed by atoms with Gasteiger partial charge in [-0.15, -0.1) is 0 Å². The van der Waals surface area contributed by atoms with Crippen LogP contribution in [0.1, 0.15) is 10.5 Å². The first-order valence-electron chi connectivity index (χ1n) is 8.59. The van der Waals surface area contributed by atoms with Crippen LogP contribution in [0.3, 0.4) is 0 Å². The molecule has 138 valence electrons. The topological polar surface area (TPSA) is 89.7 Å². The Labute approximate surface area is 155 Å². The number of hydrogen-bond donors (Lipinski definition) is 2. The van der Waals surface area contributed by atoms with Gasteiger partial charge in [-0.05, 0) is 24.3 Å². The van der Waals surface area contributed by atoms with Crippen molar-refractivity contribution in [2.24, 2.45) is 0 Å². The van der Waals surface area contributed by atoms with Gasteiger partial charge in [0.25, 0.3) is 5.91 Å². The Morgan fingerprint density at radius 1 is 1.11 bits per heavy atom. The number of carbonyl (C=O) groups is 2. The van der Waals surface area contributed by atoms with Crippen molar-refractivity contribution in [3.05, 3.63) is 60.3 Å². The van der Waals surface area contributed by atoms with E-state index in [-0.39, 0.29) is 19.3 Å². The zero-order valence-corrected chi connectivity index (χ0v) is 14.4. The van der Waals surface area contributed by atoms with Crippen molar-refractivity contribution < 1.29 is 23.8 Å². The smallest absolute Gasteiger partial charge is 0.355 e. The number of ether oxygens (including phenoxy) is 3. The van der Waals surface area contributed by atoms with Gasteiger partial charge in [-0.2, -0.15) is 0 Å². The summed E-state index contributed by atoms with van der Waals surface area (Å²) in [6, 6.07) is 16.6. The van der Waals surface area contributed by atoms with E-state index in [0.29, 0.717) is 23.8 Å². The molecule has 1 aliphatic rings. The first kappa shape index (κ1) is 17.0. The highest BCUT2D eigenvalue weighted by atomic mass is 16.6. The Hall–Kier alpha value is -3.48. The summed E-state index contributed by atoms with van der Waals surface area (Å²) < 4.78 is 16.4. The molecule has 2 aromatic carbocycles. The van der Waals surface area contributed by atoms with E-state index in [0.717, 1.165) is 10.9 Å². The highest BCUT2D eigenvalue weighted by Gasteiger charge is 2.21. The largest absolute Gasteiger partial charge is 0.486 e. The molecule has 0 fully saturated rings. The molecule has 27 heavy (non-hydrogen) atoms. The van der Waals surface area contributed by atoms with Gasteiger partial charge >= 0.3 is 5.97 Å². The van der Waals surface area contributed by atoms with Crippen LogP contribution in [0.2, 0.25) is 0 Å². The van der Waals surface area contributed by atoms with Crippen LogP contribution in [0.4, 0.5) is 0 Å². The van der Waals surface area contributed by atoms with Gasteiger partial charge in [0.1, 0.15) is 18.4 Å². The Kier molecular flexibility index (Phi) is 4.65. The second kappa shape index (κ2) is 7.41. The summed E-state index contributed by atoms with van der Waals surface area (Å²) in [7, 11) is 0. The fourth-order valence-corrected chi connectivity index (χ4v) is 2.83. The molecule has 4 rings (SSSR count). The highest BCUT2D eigenvalue weighted by molar-refractivity contribution is 5.95. The summed E-state index contributed by atoms with van der Waals surface area (Å²) in [5.74, 6) is 0.357. The normalized spacial score (nSPS) is 15.3. The van der Waals surface area contributed by atoms with Gasteiger partial charge in [-0.3, -0.25) is 4.79 Å². The van der Waals surface area contributed by atoms with Crippen LogP contribution in [0.15, 0.2) is 54.6 Å². The van der Waals surface area contributed by atoms with Crippen LogP contribution in [-0.4, -0.2) is 42.7 Å². The number of fused-ring (bicyclic) bond motifs is 2. The Balaban J connectivity index is 1.24. The standard InChI is InChI=1S/C20H18N2O5/c23-19(21-10-14-11-25-17-7-3-4-8-18(17)27-14)12-26-20(24)16-9-13-5-1-2-6-15(13)22-16/h1-9,14,22H,10-12H2,(H,21,23). The Morgan fingerprint density at radius 2 is 1.89 bits per heavy atom. The Morgan fingerprint density at radius 3 is 2.74 bits per heavy atom. The molecule has 1 amide bonds. The number of rotatable bonds is 5. The fourth-order valence-electron chi connectivity index (χ4n) is 2.83. The Bertz CT molecular complexity index is 948. The third-order valence-corrected chi connectivity index (χ3v) is 4.18. The van der Waals surface area contributed by atoms with Gasteiger partial charge in [-0.1, -0.05) is 30.3 Å². The monoisotopic (exact) mass is 366 g/mol. The number of H-pyrrole nitrogens is 1. The SMILES string of the molecule is O=C(COC(=O)c1cc2ccccc2[nH]1)NCC1COc2ccccc2O1. The van der Waals surface area contributed by atoms with Crippen molar-refractivity contribution in [3.8, 4) is 11.5 Å². The molecule has 0 aliphatic carbocycles. The van der Waals surface area contributed by atoms with Crippen molar-refractivity contribution in [1.82, 2.24) is 10.3 Å². The maximum Gasteiger partial charge on any atom is 0.355 e. The molecule has 0 bridgehead atoms. The predicted molar refractivity (Wildman–Crippen MR) is 97.9 cm³/mol. The zero-order chi connectivity index (χ0) is 18.6. The minimum Gasteiger partial charge on any atom is -0.486 e. The second-order valence-electron chi connectivity index (χ2n) is 6.15. The van der Waals surface area contributed by atoms with Crippen molar-refractivity contribution in [1.29, 1.82) is 0 Å². The van der Waals surface area contributed by atoms with E-state index in [1.807, 2.05) is 48.5 Å². The molecule has 0 saturated heterocycles. The number of carbonyl (C=O) groups excluding carboxylic acids is 2. The lowest BCUT2D eigenvalue weighted by molar-refractivity contribution is -0.124. The van der Waals surface area contributed by atoms with Gasteiger partial charge in [0.2, 0.25) is 0 Å². The number of nitrogens with one attached hydrogen (secondary N) is 2. The van der Waals surface area contributed by atoms with Crippen molar-refractivity contribution in [2.75, 3.05) is 19.8 Å². The third-order valence-electron chi connectivity index (χ3n) is 4.18. The molecule has 0 saturated carbocycles. The molecule has 1 aromatic heterocycles. The van der Waals surface area contributed by atoms with E-state index in [4.69, 9.17) is 14.2 Å². The second-order valence-corrected chi connectivity index (χ2v) is 6.15. The average molecular weight is 366 g/mol. The van der Waals surface area contributed by atoms with Gasteiger partial charge in [-0.25, -0.2) is 4.79 Å². The van der Waals surface area contributed by atoms with Gasteiger partial charge < -0.3 is 24.5 Å². The van der Waals surface area contributed by atoms with Gasteiger partial charge in [0.15, 0.2) is 18.1 Å². The summed E-state index contributed by atoms with van der Waals surface area (Å²) in [5, 5.41) is 3.59. The number of aromatic nitrogens is 1. The van der Waals surface area contributed by atoms with Crippen LogP contribution < -0.4 is 14.8 Å². The molecular formula is C20H18N2O5. The van der Waals surface area contributed by atoms with Crippen LogP contribution in [0, 0.1) is 0 Å². The van der Waals surface area contributed by atoms with Crippen LogP contribution in [-0.2, 0) is 9.53 Å². The van der Waals surface area contributed by atoms with Crippen molar-refractivity contribution >= 4 is 22.8 Å². The molecule has 0 radical (unpaired) electrons. The molecule has 2 N–H and O–H groups in total. The van der Waals surface area contributed by atoms with Gasteiger partial charge in [0.05, 0.1) is 6.54 Å². The van der Waals surface area contributed by atoms with Crippen LogP contribution >= 0.6 is 0 Å². The van der Waals surface area contributed by atoms with E-state index in [2.05, 4.69) is 10.3 Å². The maximum absolute atomic E-state index is 12.1. The molecule has 1 unspecified atom stereocenters. The first-order chi connectivity index (χ1) is 13.2. The molecule has 7 nitrogen and oxygen atoms in total. The average Bonchev–Trinajstić information content (AvgIpc) is 3.14. The molecular weight excluding hydrogens is 348 g/mol. The lowest BCUT2D eigenvalue weighted by Crippen LogP contribution is -2.42. The van der Waals surface area contributed by atoms with Crippen molar-refractivity contribution in [2.45, 2.75) is 6.10 Å². The first-order valence-corrected chi connectivity index (χ1v) is 8.59. The summed E-state index contributed by atoms with van der Waals surface area (Å²) in [6.45, 7) is 0.238. The van der Waals surface area contributed by atoms with E-state index >= 15 is 0 Å². The molecule has 1 atom stereocenters. The van der Waals surface area contributed by atoms with E-state index in [1.165, 1.54) is 0 Å². The number of para-hydroxylation sites is 3. The van der Waals surface area contributed by atoms with Crippen LogP contribution in [0.5, 0.6) is 11.5 Å². The van der Waals surface area contributed by atoms with E-state index in [1.54, 1.807) is 6.07 Å². The van der Waals surface area contributed by atoms with Crippen molar-refractivity contribution in [3.63, 3.8) is 0 Å². The maximum atomic E-state index is 12.1. The number of aromatic amines is 1. The highest BCUT2D eigenvalue weighted by Crippen LogP contribution is 2.30. The molecule has 7 heteroatoms. The lowest BCUT2D eigenvalue weighted by atomic mass is 10.2. The molecule has 2 heterocycles. The number of benzene rings is 2. The molecule has 1 aliphatic heterocycles. The van der Waals surface area contributed by atoms with E-state index in [9.17, 15) is 9.59 Å². The molecule has 3 aromatic rings. The molecule has 0 spiro atoms. The summed E-state index contributed by atoms with van der Waals surface area (Å²) in [4.78, 5) is 27.0. The lowest BCUT2D eigenvalue weighted by Gasteiger charge is -2.26. The predicted octanol–water partition coefficient (Wildman–Crippen LogP) is 2.28. The number of esters is 1. The fraction of sp³-hybridized carbons (Fsp3) is 0.200. The zero-order valence-electron chi connectivity index (χ0n) is 14.4. The van der Waals surface area contributed by atoms with E-state index < -0.39 is 11.9 Å². The summed E-state index contributed by atoms with van der Waals surface area (Å²) >= 11 is 0. The number of amides is 1. The quantitative estimate of drug-likeness (QED) is 0.676. The summed E-state index contributed by atoms with van der Waals surface area (Å²) in [5.41, 5.74) is 1.15. The number of hydrogen-bond acceptors (Lipinski definition) is 5. The minimum absolute atomic E-state index is 0.261. The van der Waals surface area contributed by atoms with Crippen LogP contribution in [0.25, 0.3) is 10.9 Å². The summed E-state index contributed by atoms with van der Waals surface area (Å²) in [6.07, 6.45) is -0.298. The van der Waals surface area contributed by atoms with Gasteiger partial charge in [0, 0.05) is 10.9 Å².